The third kappa shape index (κ3) is 2.63. The molecule has 3 rings (SSSR count). The van der Waals surface area contributed by atoms with Gasteiger partial charge in [0.05, 0.1) is 11.1 Å². The molecule has 1 aliphatic carbocycles. The van der Waals surface area contributed by atoms with Gasteiger partial charge in [-0.05, 0) is 24.3 Å². The minimum atomic E-state index is -3.22. The van der Waals surface area contributed by atoms with Crippen LogP contribution in [0.25, 0.3) is 0 Å². The lowest BCUT2D eigenvalue weighted by Gasteiger charge is -2.19. The van der Waals surface area contributed by atoms with Crippen molar-refractivity contribution in [2.24, 2.45) is 0 Å². The summed E-state index contributed by atoms with van der Waals surface area (Å²) in [5, 5.41) is 0. The van der Waals surface area contributed by atoms with Gasteiger partial charge in [-0.3, -0.25) is 14.4 Å². The second-order valence-electron chi connectivity index (χ2n) is 5.13. The summed E-state index contributed by atoms with van der Waals surface area (Å²) in [4.78, 5) is 37.6. The van der Waals surface area contributed by atoms with E-state index >= 15 is 0 Å². The van der Waals surface area contributed by atoms with E-state index in [0.29, 0.717) is 4.47 Å². The smallest absolute Gasteiger partial charge is 0.268 e. The third-order valence-corrected chi connectivity index (χ3v) is 4.24. The largest absolute Gasteiger partial charge is 0.289 e. The van der Waals surface area contributed by atoms with Crippen molar-refractivity contribution >= 4 is 33.3 Å². The first-order chi connectivity index (χ1) is 11.4. The van der Waals surface area contributed by atoms with Crippen LogP contribution in [0.4, 0.5) is 8.78 Å². The second kappa shape index (κ2) is 6.20. The van der Waals surface area contributed by atoms with Crippen LogP contribution < -0.4 is 0 Å². The summed E-state index contributed by atoms with van der Waals surface area (Å²) < 4.78 is 27.6. The van der Waals surface area contributed by atoms with Gasteiger partial charge in [-0.2, -0.15) is 0 Å². The highest BCUT2D eigenvalue weighted by molar-refractivity contribution is 9.10. The SMILES string of the molecule is O=C(C1=C(C(F)F)C(=O)c2ccccc2C1=O)c1ccc(Br)cc1. The maximum Gasteiger partial charge on any atom is 0.268 e. The fourth-order valence-electron chi connectivity index (χ4n) is 2.57. The van der Waals surface area contributed by atoms with Gasteiger partial charge < -0.3 is 0 Å². The maximum atomic E-state index is 13.4. The molecule has 0 unspecified atom stereocenters. The van der Waals surface area contributed by atoms with E-state index in [2.05, 4.69) is 15.9 Å². The minimum Gasteiger partial charge on any atom is -0.289 e. The molecule has 120 valence electrons. The number of hydrogen-bond acceptors (Lipinski definition) is 3. The lowest BCUT2D eigenvalue weighted by atomic mass is 9.81. The molecule has 0 N–H and O–H groups in total. The molecule has 0 amide bonds. The Bertz CT molecular complexity index is 899. The Kier molecular flexibility index (Phi) is 4.24. The van der Waals surface area contributed by atoms with Crippen LogP contribution in [-0.2, 0) is 0 Å². The first-order valence-electron chi connectivity index (χ1n) is 6.93. The first-order valence-corrected chi connectivity index (χ1v) is 7.72. The molecule has 2 aromatic carbocycles. The molecule has 0 radical (unpaired) electrons. The summed E-state index contributed by atoms with van der Waals surface area (Å²) in [5.41, 5.74) is -1.87. The molecule has 0 saturated heterocycles. The fourth-order valence-corrected chi connectivity index (χ4v) is 2.84. The lowest BCUT2D eigenvalue weighted by Crippen LogP contribution is -2.29. The Labute approximate surface area is 144 Å². The van der Waals surface area contributed by atoms with Crippen LogP contribution in [0.5, 0.6) is 0 Å². The van der Waals surface area contributed by atoms with Crippen LogP contribution in [-0.4, -0.2) is 23.8 Å². The van der Waals surface area contributed by atoms with Crippen molar-refractivity contribution in [3.8, 4) is 0 Å². The van der Waals surface area contributed by atoms with Crippen molar-refractivity contribution in [3.05, 3.63) is 80.8 Å². The normalized spacial score (nSPS) is 14.2. The Morgan fingerprint density at radius 2 is 1.42 bits per heavy atom. The number of alkyl halides is 2. The molecule has 2 aromatic rings. The topological polar surface area (TPSA) is 51.2 Å². The molecule has 6 heteroatoms. The quantitative estimate of drug-likeness (QED) is 0.580. The average molecular weight is 391 g/mol. The number of halogens is 3. The predicted molar refractivity (Wildman–Crippen MR) is 86.6 cm³/mol. The van der Waals surface area contributed by atoms with E-state index in [1.165, 1.54) is 36.4 Å². The Balaban J connectivity index is 2.20. The standard InChI is InChI=1S/C18H9BrF2O3/c19-10-7-5-9(6-8-10)15(22)13-14(18(20)21)17(24)12-4-2-1-3-11(12)16(13)23/h1-8,18H. The van der Waals surface area contributed by atoms with Crippen molar-refractivity contribution in [2.75, 3.05) is 0 Å². The molecule has 0 aliphatic heterocycles. The summed E-state index contributed by atoms with van der Waals surface area (Å²) in [6.45, 7) is 0. The van der Waals surface area contributed by atoms with Gasteiger partial charge in [-0.1, -0.05) is 40.2 Å². The molecule has 0 saturated carbocycles. The number of hydrogen-bond donors (Lipinski definition) is 0. The average Bonchev–Trinajstić information content (AvgIpc) is 2.57. The number of allylic oxidation sites excluding steroid dienone is 2. The summed E-state index contributed by atoms with van der Waals surface area (Å²) in [5.74, 6) is -2.72. The van der Waals surface area contributed by atoms with Crippen molar-refractivity contribution < 1.29 is 23.2 Å². The van der Waals surface area contributed by atoms with Crippen LogP contribution >= 0.6 is 15.9 Å². The number of carbonyl (C=O) groups excluding carboxylic acids is 3. The first kappa shape index (κ1) is 16.4. The number of ketones is 3. The Morgan fingerprint density at radius 3 is 1.96 bits per heavy atom. The van der Waals surface area contributed by atoms with Gasteiger partial charge in [0, 0.05) is 21.2 Å². The van der Waals surface area contributed by atoms with E-state index in [0.717, 1.165) is 0 Å². The van der Waals surface area contributed by atoms with Crippen LogP contribution in [0.15, 0.2) is 64.1 Å². The number of Topliss-reactive ketones (excluding diaryl/α,β-unsaturated/α-hetero) is 3. The maximum absolute atomic E-state index is 13.4. The van der Waals surface area contributed by atoms with E-state index in [9.17, 15) is 23.2 Å². The number of rotatable bonds is 3. The van der Waals surface area contributed by atoms with Crippen LogP contribution in [0.3, 0.4) is 0 Å². The third-order valence-electron chi connectivity index (χ3n) is 3.71. The molecule has 0 aromatic heterocycles. The molecular formula is C18H9BrF2O3. The van der Waals surface area contributed by atoms with Gasteiger partial charge >= 0.3 is 0 Å². The van der Waals surface area contributed by atoms with Gasteiger partial charge in [0.25, 0.3) is 6.43 Å². The monoisotopic (exact) mass is 390 g/mol. The Morgan fingerprint density at radius 1 is 0.875 bits per heavy atom. The van der Waals surface area contributed by atoms with Crippen LogP contribution in [0.1, 0.15) is 31.1 Å². The van der Waals surface area contributed by atoms with Crippen molar-refractivity contribution in [2.45, 2.75) is 6.43 Å². The predicted octanol–water partition coefficient (Wildman–Crippen LogP) is 4.27. The van der Waals surface area contributed by atoms with Crippen molar-refractivity contribution in [1.29, 1.82) is 0 Å². The van der Waals surface area contributed by atoms with E-state index in [1.807, 2.05) is 0 Å². The number of fused-ring (bicyclic) bond motifs is 1. The second-order valence-corrected chi connectivity index (χ2v) is 6.04. The highest BCUT2D eigenvalue weighted by atomic mass is 79.9. The molecule has 0 spiro atoms. The van der Waals surface area contributed by atoms with Crippen LogP contribution in [0, 0.1) is 0 Å². The zero-order chi connectivity index (χ0) is 17.4. The summed E-state index contributed by atoms with van der Waals surface area (Å²) in [7, 11) is 0. The zero-order valence-corrected chi connectivity index (χ0v) is 13.6. The number of carbonyl (C=O) groups is 3. The van der Waals surface area contributed by atoms with Crippen molar-refractivity contribution in [1.82, 2.24) is 0 Å². The summed E-state index contributed by atoms with van der Waals surface area (Å²) >= 11 is 3.20. The highest BCUT2D eigenvalue weighted by Crippen LogP contribution is 2.31. The molecule has 24 heavy (non-hydrogen) atoms. The van der Waals surface area contributed by atoms with E-state index < -0.39 is 34.9 Å². The summed E-state index contributed by atoms with van der Waals surface area (Å²) in [6, 6.07) is 11.6. The van der Waals surface area contributed by atoms with Gasteiger partial charge in [0.2, 0.25) is 0 Å². The van der Waals surface area contributed by atoms with Crippen LogP contribution in [0.2, 0.25) is 0 Å². The van der Waals surface area contributed by atoms with Gasteiger partial charge in [0.1, 0.15) is 0 Å². The molecular weight excluding hydrogens is 382 g/mol. The van der Waals surface area contributed by atoms with E-state index in [1.54, 1.807) is 12.1 Å². The molecule has 1 aliphatic rings. The van der Waals surface area contributed by atoms with Gasteiger partial charge in [0.15, 0.2) is 17.3 Å². The molecule has 0 fully saturated rings. The van der Waals surface area contributed by atoms with Crippen molar-refractivity contribution in [3.63, 3.8) is 0 Å². The molecule has 0 heterocycles. The summed E-state index contributed by atoms with van der Waals surface area (Å²) in [6.07, 6.45) is -3.22. The zero-order valence-electron chi connectivity index (χ0n) is 12.1. The van der Waals surface area contributed by atoms with E-state index in [4.69, 9.17) is 0 Å². The van der Waals surface area contributed by atoms with E-state index in [-0.39, 0.29) is 16.7 Å². The molecule has 0 bridgehead atoms. The van der Waals surface area contributed by atoms with Gasteiger partial charge in [-0.15, -0.1) is 0 Å². The molecule has 3 nitrogen and oxygen atoms in total. The fraction of sp³-hybridized carbons (Fsp3) is 0.0556. The molecule has 0 atom stereocenters. The number of benzene rings is 2. The Hall–Kier alpha value is -2.47. The lowest BCUT2D eigenvalue weighted by molar-refractivity contribution is 0.0882. The highest BCUT2D eigenvalue weighted by Gasteiger charge is 2.39. The minimum absolute atomic E-state index is 0.0349. The van der Waals surface area contributed by atoms with Gasteiger partial charge in [-0.25, -0.2) is 8.78 Å².